The average Bonchev–Trinajstić information content (AvgIpc) is 2.37. The molecule has 0 aliphatic carbocycles. The van der Waals surface area contributed by atoms with E-state index in [1.807, 2.05) is 0 Å². The van der Waals surface area contributed by atoms with Crippen molar-refractivity contribution in [3.8, 4) is 0 Å². The van der Waals surface area contributed by atoms with Gasteiger partial charge in [-0.25, -0.2) is 4.79 Å². The SMILES string of the molecule is CN(Cc1ccncc1)C(=O)N(CC(N)=O)CC(=O)O. The highest BCUT2D eigenvalue weighted by molar-refractivity contribution is 5.85. The molecule has 0 saturated carbocycles. The summed E-state index contributed by atoms with van der Waals surface area (Å²) in [5.74, 6) is -1.98. The van der Waals surface area contributed by atoms with Gasteiger partial charge in [0.2, 0.25) is 5.91 Å². The normalized spacial score (nSPS) is 9.85. The molecule has 0 bridgehead atoms. The molecule has 1 rings (SSSR count). The Hall–Kier alpha value is -2.64. The highest BCUT2D eigenvalue weighted by atomic mass is 16.4. The maximum absolute atomic E-state index is 12.1. The van der Waals surface area contributed by atoms with Gasteiger partial charge in [-0.1, -0.05) is 0 Å². The molecule has 0 atom stereocenters. The number of urea groups is 1. The third-order valence-electron chi connectivity index (χ3n) is 2.44. The van der Waals surface area contributed by atoms with Crippen LogP contribution in [-0.4, -0.2) is 57.9 Å². The van der Waals surface area contributed by atoms with Gasteiger partial charge in [0.25, 0.3) is 0 Å². The first-order chi connectivity index (χ1) is 9.40. The average molecular weight is 280 g/mol. The molecule has 8 nitrogen and oxygen atoms in total. The Kier molecular flexibility index (Phi) is 5.45. The third-order valence-corrected chi connectivity index (χ3v) is 2.44. The summed E-state index contributed by atoms with van der Waals surface area (Å²) >= 11 is 0. The molecule has 0 fully saturated rings. The Bertz CT molecular complexity index is 475. The minimum atomic E-state index is -1.21. The number of primary amides is 1. The van der Waals surface area contributed by atoms with Crippen LogP contribution in [0.25, 0.3) is 0 Å². The van der Waals surface area contributed by atoms with Crippen molar-refractivity contribution in [1.82, 2.24) is 14.8 Å². The fourth-order valence-electron chi connectivity index (χ4n) is 1.61. The van der Waals surface area contributed by atoms with Gasteiger partial charge in [-0.15, -0.1) is 0 Å². The van der Waals surface area contributed by atoms with Gasteiger partial charge in [-0.3, -0.25) is 14.6 Å². The summed E-state index contributed by atoms with van der Waals surface area (Å²) in [5.41, 5.74) is 5.85. The van der Waals surface area contributed by atoms with Crippen molar-refractivity contribution >= 4 is 17.9 Å². The molecule has 1 heterocycles. The number of carboxylic acid groups (broad SMARTS) is 1. The molecule has 0 spiro atoms. The standard InChI is InChI=1S/C12H16N4O4/c1-15(6-9-2-4-14-5-3-9)12(20)16(7-10(13)17)8-11(18)19/h2-5H,6-8H2,1H3,(H2,13,17)(H,18,19). The Labute approximate surface area is 115 Å². The molecule has 0 saturated heterocycles. The monoisotopic (exact) mass is 280 g/mol. The van der Waals surface area contributed by atoms with Crippen LogP contribution in [0.4, 0.5) is 4.79 Å². The van der Waals surface area contributed by atoms with E-state index < -0.39 is 31.0 Å². The van der Waals surface area contributed by atoms with Crippen molar-refractivity contribution in [2.45, 2.75) is 6.54 Å². The Morgan fingerprint density at radius 1 is 1.25 bits per heavy atom. The van der Waals surface area contributed by atoms with Gasteiger partial charge in [-0.2, -0.15) is 0 Å². The van der Waals surface area contributed by atoms with E-state index in [1.165, 1.54) is 11.9 Å². The number of hydrogen-bond acceptors (Lipinski definition) is 4. The lowest BCUT2D eigenvalue weighted by Gasteiger charge is -2.26. The molecular weight excluding hydrogens is 264 g/mol. The van der Waals surface area contributed by atoms with Crippen molar-refractivity contribution in [3.05, 3.63) is 30.1 Å². The minimum Gasteiger partial charge on any atom is -0.480 e. The van der Waals surface area contributed by atoms with E-state index in [9.17, 15) is 14.4 Å². The largest absolute Gasteiger partial charge is 0.480 e. The lowest BCUT2D eigenvalue weighted by molar-refractivity contribution is -0.138. The maximum atomic E-state index is 12.1. The van der Waals surface area contributed by atoms with Gasteiger partial charge in [0.05, 0.1) is 0 Å². The lowest BCUT2D eigenvalue weighted by Crippen LogP contribution is -2.47. The highest BCUT2D eigenvalue weighted by Gasteiger charge is 2.22. The molecule has 0 aromatic carbocycles. The first-order valence-corrected chi connectivity index (χ1v) is 5.79. The molecule has 0 aliphatic heterocycles. The van der Waals surface area contributed by atoms with Crippen molar-refractivity contribution in [1.29, 1.82) is 0 Å². The molecule has 1 aromatic heterocycles. The van der Waals surface area contributed by atoms with Crippen LogP contribution < -0.4 is 5.73 Å². The molecule has 0 radical (unpaired) electrons. The van der Waals surface area contributed by atoms with E-state index in [2.05, 4.69) is 4.98 Å². The number of amides is 3. The van der Waals surface area contributed by atoms with Gasteiger partial charge in [0.1, 0.15) is 13.1 Å². The first-order valence-electron chi connectivity index (χ1n) is 5.79. The number of hydrogen-bond donors (Lipinski definition) is 2. The zero-order valence-electron chi connectivity index (χ0n) is 11.0. The van der Waals surface area contributed by atoms with Crippen molar-refractivity contribution in [3.63, 3.8) is 0 Å². The predicted octanol–water partition coefficient (Wildman–Crippen LogP) is -0.495. The van der Waals surface area contributed by atoms with Crippen LogP contribution in [-0.2, 0) is 16.1 Å². The number of carbonyl (C=O) groups is 3. The molecule has 3 N–H and O–H groups in total. The zero-order valence-corrected chi connectivity index (χ0v) is 11.0. The van der Waals surface area contributed by atoms with Crippen molar-refractivity contribution < 1.29 is 19.5 Å². The Balaban J connectivity index is 2.72. The molecular formula is C12H16N4O4. The van der Waals surface area contributed by atoms with Crippen LogP contribution in [0, 0.1) is 0 Å². The third kappa shape index (κ3) is 4.92. The fraction of sp³-hybridized carbons (Fsp3) is 0.333. The van der Waals surface area contributed by atoms with Gasteiger partial charge in [0.15, 0.2) is 0 Å². The van der Waals surface area contributed by atoms with Crippen LogP contribution in [0.3, 0.4) is 0 Å². The van der Waals surface area contributed by atoms with Crippen molar-refractivity contribution in [2.24, 2.45) is 5.73 Å². The molecule has 3 amide bonds. The Morgan fingerprint density at radius 2 is 1.85 bits per heavy atom. The summed E-state index contributed by atoms with van der Waals surface area (Å²) in [6, 6.07) is 2.89. The van der Waals surface area contributed by atoms with Gasteiger partial charge >= 0.3 is 12.0 Å². The van der Waals surface area contributed by atoms with Crippen molar-refractivity contribution in [2.75, 3.05) is 20.1 Å². The molecule has 0 aliphatic rings. The number of carbonyl (C=O) groups excluding carboxylic acids is 2. The lowest BCUT2D eigenvalue weighted by atomic mass is 10.2. The van der Waals surface area contributed by atoms with Crippen LogP contribution in [0.5, 0.6) is 0 Å². The molecule has 0 unspecified atom stereocenters. The van der Waals surface area contributed by atoms with E-state index in [-0.39, 0.29) is 6.54 Å². The summed E-state index contributed by atoms with van der Waals surface area (Å²) in [7, 11) is 1.51. The molecule has 1 aromatic rings. The Morgan fingerprint density at radius 3 is 2.35 bits per heavy atom. The number of rotatable bonds is 6. The van der Waals surface area contributed by atoms with Gasteiger partial charge in [0, 0.05) is 26.0 Å². The summed E-state index contributed by atoms with van der Waals surface area (Å²) in [4.78, 5) is 39.7. The van der Waals surface area contributed by atoms with Crippen LogP contribution >= 0.6 is 0 Å². The quantitative estimate of drug-likeness (QED) is 0.729. The van der Waals surface area contributed by atoms with Crippen LogP contribution in [0.2, 0.25) is 0 Å². The maximum Gasteiger partial charge on any atom is 0.323 e. The van der Waals surface area contributed by atoms with E-state index in [4.69, 9.17) is 10.8 Å². The number of nitrogens with two attached hydrogens (primary N) is 1. The smallest absolute Gasteiger partial charge is 0.323 e. The van der Waals surface area contributed by atoms with Crippen LogP contribution in [0.15, 0.2) is 24.5 Å². The number of nitrogens with zero attached hydrogens (tertiary/aromatic N) is 3. The first kappa shape index (κ1) is 15.4. The highest BCUT2D eigenvalue weighted by Crippen LogP contribution is 2.04. The summed E-state index contributed by atoms with van der Waals surface area (Å²) in [5, 5.41) is 8.74. The number of aromatic nitrogens is 1. The molecule has 20 heavy (non-hydrogen) atoms. The second-order valence-corrected chi connectivity index (χ2v) is 4.21. The van der Waals surface area contributed by atoms with E-state index in [1.54, 1.807) is 24.5 Å². The molecule has 108 valence electrons. The van der Waals surface area contributed by atoms with E-state index >= 15 is 0 Å². The topological polar surface area (TPSA) is 117 Å². The van der Waals surface area contributed by atoms with Crippen LogP contribution in [0.1, 0.15) is 5.56 Å². The number of aliphatic carboxylic acids is 1. The predicted molar refractivity (Wildman–Crippen MR) is 69.5 cm³/mol. The summed E-state index contributed by atoms with van der Waals surface area (Å²) < 4.78 is 0. The number of carboxylic acids is 1. The zero-order chi connectivity index (χ0) is 15.1. The second-order valence-electron chi connectivity index (χ2n) is 4.21. The summed E-state index contributed by atoms with van der Waals surface area (Å²) in [6.07, 6.45) is 3.18. The van der Waals surface area contributed by atoms with E-state index in [0.717, 1.165) is 10.5 Å². The summed E-state index contributed by atoms with van der Waals surface area (Å²) in [6.45, 7) is -0.746. The van der Waals surface area contributed by atoms with E-state index in [0.29, 0.717) is 0 Å². The minimum absolute atomic E-state index is 0.274. The number of pyridine rings is 1. The van der Waals surface area contributed by atoms with Gasteiger partial charge in [-0.05, 0) is 17.7 Å². The fourth-order valence-corrected chi connectivity index (χ4v) is 1.61. The second kappa shape index (κ2) is 7.07. The van der Waals surface area contributed by atoms with Gasteiger partial charge < -0.3 is 20.6 Å². The molecule has 8 heteroatoms.